The van der Waals surface area contributed by atoms with E-state index in [4.69, 9.17) is 11.6 Å². The highest BCUT2D eigenvalue weighted by molar-refractivity contribution is 6.30. The van der Waals surface area contributed by atoms with Gasteiger partial charge >= 0.3 is 12.1 Å². The molecular weight excluding hydrogens is 400 g/mol. The van der Waals surface area contributed by atoms with Gasteiger partial charge in [-0.3, -0.25) is 0 Å². The van der Waals surface area contributed by atoms with Gasteiger partial charge in [-0.1, -0.05) is 48.0 Å². The van der Waals surface area contributed by atoms with Crippen LogP contribution >= 0.6 is 11.6 Å². The lowest BCUT2D eigenvalue weighted by Gasteiger charge is -2.17. The van der Waals surface area contributed by atoms with Crippen molar-refractivity contribution in [3.8, 4) is 0 Å². The van der Waals surface area contributed by atoms with Gasteiger partial charge in [-0.25, -0.2) is 9.59 Å². The maximum absolute atomic E-state index is 12.4. The molecule has 7 heteroatoms. The van der Waals surface area contributed by atoms with E-state index in [9.17, 15) is 9.59 Å². The Bertz CT molecular complexity index is 1020. The van der Waals surface area contributed by atoms with Crippen molar-refractivity contribution in [3.63, 3.8) is 0 Å². The molecule has 0 fully saturated rings. The Kier molecular flexibility index (Phi) is 6.93. The van der Waals surface area contributed by atoms with E-state index in [-0.39, 0.29) is 18.1 Å². The molecule has 0 heterocycles. The van der Waals surface area contributed by atoms with Gasteiger partial charge in [-0.15, -0.1) is 0 Å². The number of hydrogen-bond acceptors (Lipinski definition) is 2. The molecule has 3 aromatic rings. The van der Waals surface area contributed by atoms with Gasteiger partial charge in [0.05, 0.1) is 6.04 Å². The third-order valence-corrected chi connectivity index (χ3v) is 4.74. The van der Waals surface area contributed by atoms with Gasteiger partial charge in [0, 0.05) is 22.1 Å². The van der Waals surface area contributed by atoms with Crippen LogP contribution in [0.2, 0.25) is 5.02 Å². The van der Waals surface area contributed by atoms with Crippen molar-refractivity contribution in [1.82, 2.24) is 5.32 Å². The van der Waals surface area contributed by atoms with E-state index in [2.05, 4.69) is 21.3 Å². The topological polar surface area (TPSA) is 82.3 Å². The molecule has 4 amide bonds. The van der Waals surface area contributed by atoms with E-state index >= 15 is 0 Å². The van der Waals surface area contributed by atoms with Crippen LogP contribution < -0.4 is 21.3 Å². The third kappa shape index (κ3) is 5.99. The number of para-hydroxylation sites is 1. The van der Waals surface area contributed by atoms with E-state index in [0.717, 1.165) is 11.1 Å². The number of urea groups is 2. The normalized spacial score (nSPS) is 11.3. The number of halogens is 1. The predicted molar refractivity (Wildman–Crippen MR) is 122 cm³/mol. The SMILES string of the molecule is Cc1ccc(NC(=O)Nc2ccccc2)cc1NC(=O)NC(C)c1ccc(Cl)cc1. The van der Waals surface area contributed by atoms with E-state index in [1.807, 2.05) is 50.2 Å². The Morgan fingerprint density at radius 3 is 2.17 bits per heavy atom. The molecular formula is C23H23ClN4O2. The highest BCUT2D eigenvalue weighted by Gasteiger charge is 2.12. The summed E-state index contributed by atoms with van der Waals surface area (Å²) in [6.07, 6.45) is 0. The number of carbonyl (C=O) groups excluding carboxylic acids is 2. The van der Waals surface area contributed by atoms with Crippen molar-refractivity contribution in [3.05, 3.63) is 88.9 Å². The fourth-order valence-corrected chi connectivity index (χ4v) is 2.97. The minimum Gasteiger partial charge on any atom is -0.331 e. The van der Waals surface area contributed by atoms with Crippen LogP contribution in [0.4, 0.5) is 26.7 Å². The minimum absolute atomic E-state index is 0.194. The van der Waals surface area contributed by atoms with Gasteiger partial charge in [0.1, 0.15) is 0 Å². The molecule has 0 saturated heterocycles. The molecule has 30 heavy (non-hydrogen) atoms. The lowest BCUT2D eigenvalue weighted by Crippen LogP contribution is -2.31. The van der Waals surface area contributed by atoms with Crippen molar-refractivity contribution < 1.29 is 9.59 Å². The van der Waals surface area contributed by atoms with Crippen molar-refractivity contribution in [2.75, 3.05) is 16.0 Å². The van der Waals surface area contributed by atoms with Crippen LogP contribution in [0.5, 0.6) is 0 Å². The average molecular weight is 423 g/mol. The summed E-state index contributed by atoms with van der Waals surface area (Å²) in [4.78, 5) is 24.6. The second kappa shape index (κ2) is 9.80. The largest absolute Gasteiger partial charge is 0.331 e. The van der Waals surface area contributed by atoms with Gasteiger partial charge < -0.3 is 21.3 Å². The summed E-state index contributed by atoms with van der Waals surface area (Å²) in [6, 6.07) is 20.9. The molecule has 154 valence electrons. The van der Waals surface area contributed by atoms with Gasteiger partial charge in [0.25, 0.3) is 0 Å². The Balaban J connectivity index is 1.61. The second-order valence-electron chi connectivity index (χ2n) is 6.85. The van der Waals surface area contributed by atoms with Crippen molar-refractivity contribution in [1.29, 1.82) is 0 Å². The Morgan fingerprint density at radius 1 is 0.800 bits per heavy atom. The predicted octanol–water partition coefficient (Wildman–Crippen LogP) is 6.18. The number of amides is 4. The maximum Gasteiger partial charge on any atom is 0.323 e. The summed E-state index contributed by atoms with van der Waals surface area (Å²) >= 11 is 5.91. The minimum atomic E-state index is -0.364. The number of rotatable bonds is 5. The third-order valence-electron chi connectivity index (χ3n) is 4.49. The van der Waals surface area contributed by atoms with Gasteiger partial charge in [-0.2, -0.15) is 0 Å². The molecule has 4 N–H and O–H groups in total. The molecule has 3 aromatic carbocycles. The molecule has 0 aromatic heterocycles. The molecule has 0 aliphatic heterocycles. The molecule has 0 spiro atoms. The van der Waals surface area contributed by atoms with E-state index in [0.29, 0.717) is 22.1 Å². The second-order valence-corrected chi connectivity index (χ2v) is 7.28. The summed E-state index contributed by atoms with van der Waals surface area (Å²) in [7, 11) is 0. The molecule has 1 unspecified atom stereocenters. The number of carbonyl (C=O) groups is 2. The highest BCUT2D eigenvalue weighted by Crippen LogP contribution is 2.21. The summed E-state index contributed by atoms with van der Waals surface area (Å²) in [5.41, 5.74) is 3.68. The number of benzene rings is 3. The standard InChI is InChI=1S/C23H23ClN4O2/c1-15-8-13-20(27-23(30)26-19-6-4-3-5-7-19)14-21(15)28-22(29)25-16(2)17-9-11-18(24)12-10-17/h3-14,16H,1-2H3,(H2,25,28,29)(H2,26,27,30). The summed E-state index contributed by atoms with van der Waals surface area (Å²) in [5, 5.41) is 11.9. The van der Waals surface area contributed by atoms with Crippen LogP contribution in [0.15, 0.2) is 72.8 Å². The van der Waals surface area contributed by atoms with Crippen LogP contribution in [-0.4, -0.2) is 12.1 Å². The number of nitrogens with one attached hydrogen (secondary N) is 4. The summed E-state index contributed by atoms with van der Waals surface area (Å²) in [5.74, 6) is 0. The molecule has 6 nitrogen and oxygen atoms in total. The van der Waals surface area contributed by atoms with Crippen LogP contribution in [0.3, 0.4) is 0 Å². The van der Waals surface area contributed by atoms with E-state index in [1.54, 1.807) is 36.4 Å². The Morgan fingerprint density at radius 2 is 1.47 bits per heavy atom. The van der Waals surface area contributed by atoms with Crippen LogP contribution in [0.1, 0.15) is 24.1 Å². The number of aryl methyl sites for hydroxylation is 1. The summed E-state index contributed by atoms with van der Waals surface area (Å²) in [6.45, 7) is 3.77. The smallest absolute Gasteiger partial charge is 0.323 e. The molecule has 3 rings (SSSR count). The van der Waals surface area contributed by atoms with Gasteiger partial charge in [-0.05, 0) is 61.4 Å². The first kappa shape index (κ1) is 21.2. The zero-order chi connectivity index (χ0) is 21.5. The van der Waals surface area contributed by atoms with Crippen LogP contribution in [-0.2, 0) is 0 Å². The molecule has 0 saturated carbocycles. The van der Waals surface area contributed by atoms with Crippen LogP contribution in [0, 0.1) is 6.92 Å². The molecule has 0 aliphatic rings. The van der Waals surface area contributed by atoms with E-state index < -0.39 is 0 Å². The first-order valence-corrected chi connectivity index (χ1v) is 9.85. The highest BCUT2D eigenvalue weighted by atomic mass is 35.5. The molecule has 1 atom stereocenters. The molecule has 0 aliphatic carbocycles. The van der Waals surface area contributed by atoms with Gasteiger partial charge in [0.15, 0.2) is 0 Å². The maximum atomic E-state index is 12.4. The zero-order valence-electron chi connectivity index (χ0n) is 16.7. The first-order valence-electron chi connectivity index (χ1n) is 9.47. The fraction of sp³-hybridized carbons (Fsp3) is 0.130. The molecule has 0 radical (unpaired) electrons. The first-order chi connectivity index (χ1) is 14.4. The lowest BCUT2D eigenvalue weighted by atomic mass is 10.1. The van der Waals surface area contributed by atoms with Crippen LogP contribution in [0.25, 0.3) is 0 Å². The number of hydrogen-bond donors (Lipinski definition) is 4. The average Bonchev–Trinajstić information content (AvgIpc) is 2.71. The lowest BCUT2D eigenvalue weighted by molar-refractivity contribution is 0.249. The fourth-order valence-electron chi connectivity index (χ4n) is 2.84. The number of anilines is 3. The molecule has 0 bridgehead atoms. The zero-order valence-corrected chi connectivity index (χ0v) is 17.5. The quantitative estimate of drug-likeness (QED) is 0.396. The van der Waals surface area contributed by atoms with Crippen molar-refractivity contribution in [2.45, 2.75) is 19.9 Å². The van der Waals surface area contributed by atoms with Crippen molar-refractivity contribution in [2.24, 2.45) is 0 Å². The Labute approximate surface area is 180 Å². The van der Waals surface area contributed by atoms with E-state index in [1.165, 1.54) is 0 Å². The van der Waals surface area contributed by atoms with Crippen molar-refractivity contribution >= 4 is 40.7 Å². The summed E-state index contributed by atoms with van der Waals surface area (Å²) < 4.78 is 0. The Hall–Kier alpha value is -3.51. The monoisotopic (exact) mass is 422 g/mol. The van der Waals surface area contributed by atoms with Gasteiger partial charge in [0.2, 0.25) is 0 Å².